The fourth-order valence-corrected chi connectivity index (χ4v) is 13.9. The van der Waals surface area contributed by atoms with Crippen LogP contribution >= 0.6 is 46.4 Å². The minimum atomic E-state index is -0.637. The first-order valence-electron chi connectivity index (χ1n) is 35.1. The molecule has 4 amide bonds. The third-order valence-electron chi connectivity index (χ3n) is 18.1. The summed E-state index contributed by atoms with van der Waals surface area (Å²) in [6, 6.07) is 31.9. The van der Waals surface area contributed by atoms with Gasteiger partial charge >= 0.3 is 12.2 Å². The summed E-state index contributed by atoms with van der Waals surface area (Å²) >= 11 is 24.1. The number of nitrogens with zero attached hydrogens (tertiary/aromatic N) is 14. The number of ether oxygens (including phenoxy) is 2. The molecule has 6 aromatic rings. The second-order valence-electron chi connectivity index (χ2n) is 27.7. The molecule has 4 aromatic carbocycles. The van der Waals surface area contributed by atoms with E-state index in [0.717, 1.165) is 175 Å². The molecule has 0 aliphatic carbocycles. The van der Waals surface area contributed by atoms with Gasteiger partial charge in [-0.15, -0.1) is 0 Å². The summed E-state index contributed by atoms with van der Waals surface area (Å²) < 4.78 is 22.9. The average Bonchev–Trinajstić information content (AvgIpc) is 1.58. The number of hydrogen-bond acceptors (Lipinski definition) is 21. The number of rotatable bonds is 7. The van der Waals surface area contributed by atoms with Gasteiger partial charge in [0, 0.05) is 151 Å². The highest BCUT2D eigenvalue weighted by molar-refractivity contribution is 6.34. The zero-order chi connectivity index (χ0) is 76.2. The van der Waals surface area contributed by atoms with Crippen molar-refractivity contribution < 1.29 is 38.1 Å². The first-order chi connectivity index (χ1) is 50.7. The Morgan fingerprint density at radius 1 is 0.538 bits per heavy atom. The summed E-state index contributed by atoms with van der Waals surface area (Å²) in [6.45, 7) is 28.5. The summed E-state index contributed by atoms with van der Waals surface area (Å²) in [7, 11) is 0. The summed E-state index contributed by atoms with van der Waals surface area (Å²) in [4.78, 5) is 73.2. The molecule has 0 saturated carbocycles. The molecule has 5 N–H and O–H groups in total. The molecule has 2 atom stereocenters. The predicted molar refractivity (Wildman–Crippen MR) is 410 cm³/mol. The first-order valence-corrected chi connectivity index (χ1v) is 36.6. The van der Waals surface area contributed by atoms with E-state index in [-0.39, 0.29) is 47.7 Å². The van der Waals surface area contributed by atoms with Crippen LogP contribution in [0.2, 0.25) is 20.1 Å². The Labute approximate surface area is 638 Å². The van der Waals surface area contributed by atoms with Crippen molar-refractivity contribution in [2.75, 3.05) is 153 Å². The van der Waals surface area contributed by atoms with Crippen molar-refractivity contribution in [2.24, 2.45) is 0 Å². The lowest BCUT2D eigenvalue weighted by molar-refractivity contribution is -0.118. The molecule has 0 unspecified atom stereocenters. The van der Waals surface area contributed by atoms with E-state index in [4.69, 9.17) is 82.0 Å². The first kappa shape index (κ1) is 80.5. The molecule has 0 bridgehead atoms. The van der Waals surface area contributed by atoms with Crippen molar-refractivity contribution in [3.63, 3.8) is 0 Å². The predicted octanol–water partition coefficient (Wildman–Crippen LogP) is 11.2. The fraction of sp³-hybridized carbons (Fsp3) is 0.434. The Kier molecular flexibility index (Phi) is 28.6. The number of hydrogen-bond donors (Lipinski definition) is 5. The van der Waals surface area contributed by atoms with Crippen molar-refractivity contribution >= 4 is 110 Å². The van der Waals surface area contributed by atoms with Crippen LogP contribution in [-0.2, 0) is 32.2 Å². The average molecular weight is 1530 g/mol. The molecular weight excluding hydrogens is 1440 g/mol. The Morgan fingerprint density at radius 2 is 0.925 bits per heavy atom. The highest BCUT2D eigenvalue weighted by atomic mass is 35.5. The van der Waals surface area contributed by atoms with Crippen LogP contribution in [0.15, 0.2) is 97.3 Å². The molecule has 14 rings (SSSR count). The third kappa shape index (κ3) is 22.3. The summed E-state index contributed by atoms with van der Waals surface area (Å²) in [5.74, 6) is 1.37. The number of benzene rings is 4. The number of anilines is 7. The van der Waals surface area contributed by atoms with Gasteiger partial charge in [-0.05, 0) is 143 Å². The largest absolute Gasteiger partial charge is 0.444 e. The maximum Gasteiger partial charge on any atom is 0.413 e. The molecule has 2 aromatic heterocycles. The van der Waals surface area contributed by atoms with E-state index in [1.54, 1.807) is 60.2 Å². The molecule has 25 nitrogen and oxygen atoms in total. The Balaban J connectivity index is 0.000000153. The van der Waals surface area contributed by atoms with E-state index < -0.39 is 17.0 Å². The summed E-state index contributed by atoms with van der Waals surface area (Å²) in [5.41, 5.74) is 7.25. The van der Waals surface area contributed by atoms with Crippen molar-refractivity contribution in [1.82, 2.24) is 35.3 Å². The molecule has 106 heavy (non-hydrogen) atoms. The van der Waals surface area contributed by atoms with Crippen LogP contribution < -0.4 is 45.8 Å². The highest BCUT2D eigenvalue weighted by Crippen LogP contribution is 2.38. The SMILES string of the molecule is CC(C)(C)OC(=O)N1CCN(c2ccc(C#N)cc2Cl)CC1.N#Cc1ccc(F)c(Cl)c1.N#Cc1ccc(N2CCN(Cc3cnc4c(c3)NC(=O)[C@@H]3CCCN43)CC2)c(Cl)c1.N#Cc1ccc(N2CCNCC2)c(Cl)c1.O=C1Nc2cc(CO)cnc2N2CCC[C@@H]12.[CH2+]C(C)(C)OC(=O)N1CCNCC1. The van der Waals surface area contributed by atoms with Crippen molar-refractivity contribution in [2.45, 2.75) is 96.7 Å². The van der Waals surface area contributed by atoms with Gasteiger partial charge < -0.3 is 70.1 Å². The van der Waals surface area contributed by atoms with Crippen LogP contribution in [0.3, 0.4) is 0 Å². The topological polar surface area (TPSA) is 302 Å². The molecule has 6 saturated heterocycles. The number of nitriles is 4. The van der Waals surface area contributed by atoms with Crippen molar-refractivity contribution in [1.29, 1.82) is 21.0 Å². The fourth-order valence-electron chi connectivity index (χ4n) is 12.8. The second-order valence-corrected chi connectivity index (χ2v) is 29.3. The quantitative estimate of drug-likeness (QED) is 0.0928. The standard InChI is InChI=1S/C22H23ClN6O.C16H20ClN3O2.C11H12ClN3.C11H13N3O2.C9H17N2O2.C7H3ClFN/c23-17-10-15(12-24)3-4-19(17)28-8-6-27(7-9-28)14-16-11-18-21(25-13-16)29-5-1-2-20(29)22(30)26-18;1-16(2,3)22-15(21)20-8-6-19(7-9-20)14-5-4-12(11-18)10-13(14)17;12-10-7-9(8-13)1-2-11(10)15-5-3-14-4-6-15;15-6-7-4-8-10(12-5-7)14-3-1-2-9(14)11(16)13-8;1-9(2,3)13-8(12)11-6-4-10-5-7-11;8-6-3-5(4-10)1-2-7(6)9/h3-4,10-11,13,20H,1-2,5-9,14H2,(H,26,30);4-5,10H,6-9H2,1-3H3;1-2,7,14H,3-6H2;4-5,9,15H,1-3,6H2,(H,13,16);10H,1,4-7H2,2-3H3;1-3H/q;;;;+1;/t20-;;;9-;;/m0..0../s1. The normalized spacial score (nSPS) is 18.0. The molecule has 8 aliphatic heterocycles. The van der Waals surface area contributed by atoms with E-state index in [9.17, 15) is 23.6 Å². The molecular formula is C76H88Cl4FN18O7+. The number of piperazine rings is 4. The zero-order valence-corrected chi connectivity index (χ0v) is 63.1. The van der Waals surface area contributed by atoms with E-state index in [1.807, 2.05) is 63.4 Å². The molecule has 6 fully saturated rings. The number of aliphatic hydroxyl groups is 1. The van der Waals surface area contributed by atoms with Crippen LogP contribution in [0.1, 0.15) is 93.7 Å². The van der Waals surface area contributed by atoms with E-state index in [0.29, 0.717) is 63.5 Å². The molecule has 8 aliphatic rings. The minimum Gasteiger partial charge on any atom is -0.444 e. The number of amides is 4. The van der Waals surface area contributed by atoms with Crippen LogP contribution in [0.4, 0.5) is 54.1 Å². The van der Waals surface area contributed by atoms with Crippen LogP contribution in [0, 0.1) is 58.1 Å². The number of aliphatic hydroxyl groups excluding tert-OH is 1. The van der Waals surface area contributed by atoms with Gasteiger partial charge in [0.15, 0.2) is 11.6 Å². The molecule has 30 heteroatoms. The number of carbonyl (C=O) groups excluding carboxylic acids is 4. The Morgan fingerprint density at radius 3 is 1.34 bits per heavy atom. The number of halogens is 5. The lowest BCUT2D eigenvalue weighted by Gasteiger charge is -2.37. The van der Waals surface area contributed by atoms with Gasteiger partial charge in [0.2, 0.25) is 17.4 Å². The Hall–Kier alpha value is -9.58. The van der Waals surface area contributed by atoms with Crippen LogP contribution in [0.5, 0.6) is 0 Å². The molecule has 0 spiro atoms. The van der Waals surface area contributed by atoms with Gasteiger partial charge in [-0.3, -0.25) is 14.5 Å². The van der Waals surface area contributed by atoms with E-state index in [2.05, 4.69) is 91.8 Å². The van der Waals surface area contributed by atoms with Gasteiger partial charge in [0.1, 0.15) is 30.4 Å². The van der Waals surface area contributed by atoms with Crippen LogP contribution in [-0.4, -0.2) is 195 Å². The monoisotopic (exact) mass is 1520 g/mol. The lowest BCUT2D eigenvalue weighted by Crippen LogP contribution is -2.50. The number of carbonyl (C=O) groups is 4. The summed E-state index contributed by atoms with van der Waals surface area (Å²) in [5, 5.41) is 58.1. The molecule has 0 radical (unpaired) electrons. The highest BCUT2D eigenvalue weighted by Gasteiger charge is 2.39. The molecule has 10 heterocycles. The van der Waals surface area contributed by atoms with E-state index >= 15 is 0 Å². The van der Waals surface area contributed by atoms with Gasteiger partial charge in [0.05, 0.1) is 102 Å². The van der Waals surface area contributed by atoms with E-state index in [1.165, 1.54) is 18.2 Å². The summed E-state index contributed by atoms with van der Waals surface area (Å²) in [6.07, 6.45) is 6.92. The molecule has 558 valence electrons. The van der Waals surface area contributed by atoms with Crippen molar-refractivity contribution in [3.05, 3.63) is 164 Å². The number of fused-ring (bicyclic) bond motifs is 6. The smallest absolute Gasteiger partial charge is 0.413 e. The van der Waals surface area contributed by atoms with Gasteiger partial charge in [-0.1, -0.05) is 46.4 Å². The maximum absolute atomic E-state index is 12.4. The van der Waals surface area contributed by atoms with Gasteiger partial charge in [-0.25, -0.2) is 23.9 Å². The number of pyridine rings is 2. The lowest BCUT2D eigenvalue weighted by atomic mass is 10.1. The van der Waals surface area contributed by atoms with Gasteiger partial charge in [-0.2, -0.15) is 21.0 Å². The Bertz CT molecular complexity index is 4260. The zero-order valence-electron chi connectivity index (χ0n) is 60.1. The van der Waals surface area contributed by atoms with Crippen molar-refractivity contribution in [3.8, 4) is 24.3 Å². The maximum atomic E-state index is 12.4. The van der Waals surface area contributed by atoms with Gasteiger partial charge in [0.25, 0.3) is 0 Å². The minimum absolute atomic E-state index is 0.0148. The number of nitrogens with one attached hydrogen (secondary N) is 4. The third-order valence-corrected chi connectivity index (χ3v) is 19.3. The second kappa shape index (κ2) is 37.6. The number of aromatic nitrogens is 2. The van der Waals surface area contributed by atoms with Crippen LogP contribution in [0.25, 0.3) is 0 Å².